The Morgan fingerprint density at radius 1 is 1.33 bits per heavy atom. The molecule has 1 heterocycles. The fourth-order valence-electron chi connectivity index (χ4n) is 2.34. The Balaban J connectivity index is 2.68. The van der Waals surface area contributed by atoms with E-state index in [2.05, 4.69) is 11.0 Å². The van der Waals surface area contributed by atoms with Crippen LogP contribution in [0.2, 0.25) is 0 Å². The van der Waals surface area contributed by atoms with Gasteiger partial charge in [-0.25, -0.2) is 4.79 Å². The summed E-state index contributed by atoms with van der Waals surface area (Å²) in [5, 5.41) is 8.72. The van der Waals surface area contributed by atoms with Gasteiger partial charge in [-0.1, -0.05) is 0 Å². The summed E-state index contributed by atoms with van der Waals surface area (Å²) in [6, 6.07) is 2.29. The predicted octanol–water partition coefficient (Wildman–Crippen LogP) is 1.84. The van der Waals surface area contributed by atoms with Gasteiger partial charge in [0.1, 0.15) is 5.60 Å². The van der Waals surface area contributed by atoms with Gasteiger partial charge in [0.2, 0.25) is 0 Å². The summed E-state index contributed by atoms with van der Waals surface area (Å²) in [4.78, 5) is 16.0. The minimum Gasteiger partial charge on any atom is -0.444 e. The Bertz CT molecular complexity index is 331. The van der Waals surface area contributed by atoms with Crippen LogP contribution in [0.3, 0.4) is 0 Å². The number of nitrogens with zero attached hydrogens (tertiary/aromatic N) is 3. The van der Waals surface area contributed by atoms with Crippen molar-refractivity contribution >= 4 is 6.09 Å². The molecule has 1 amide bonds. The highest BCUT2D eigenvalue weighted by atomic mass is 16.6. The van der Waals surface area contributed by atoms with E-state index in [9.17, 15) is 4.79 Å². The van der Waals surface area contributed by atoms with E-state index in [1.165, 1.54) is 0 Å². The first-order chi connectivity index (χ1) is 8.24. The molecule has 1 rings (SSSR count). The van der Waals surface area contributed by atoms with Crippen LogP contribution in [-0.4, -0.2) is 53.2 Å². The lowest BCUT2D eigenvalue weighted by atomic mass is 10.1. The van der Waals surface area contributed by atoms with Crippen LogP contribution in [0.25, 0.3) is 0 Å². The molecule has 0 bridgehead atoms. The Morgan fingerprint density at radius 3 is 2.22 bits per heavy atom. The molecular weight excluding hydrogens is 230 g/mol. The van der Waals surface area contributed by atoms with E-state index in [1.54, 1.807) is 4.90 Å². The van der Waals surface area contributed by atoms with Crippen LogP contribution in [0.5, 0.6) is 0 Å². The summed E-state index contributed by atoms with van der Waals surface area (Å²) in [5.74, 6) is 0. The Labute approximate surface area is 109 Å². The quantitative estimate of drug-likeness (QED) is 0.669. The first-order valence-electron chi connectivity index (χ1n) is 6.35. The highest BCUT2D eigenvalue weighted by Gasteiger charge is 2.35. The summed E-state index contributed by atoms with van der Waals surface area (Å²) in [5.41, 5.74) is -0.472. The van der Waals surface area contributed by atoms with Crippen LogP contribution in [-0.2, 0) is 4.74 Å². The number of carbonyl (C=O) groups excluding carboxylic acids is 1. The van der Waals surface area contributed by atoms with Crippen molar-refractivity contribution in [1.82, 2.24) is 9.80 Å². The van der Waals surface area contributed by atoms with E-state index in [0.29, 0.717) is 6.54 Å². The van der Waals surface area contributed by atoms with Crippen LogP contribution >= 0.6 is 0 Å². The van der Waals surface area contributed by atoms with Crippen LogP contribution in [0.4, 0.5) is 4.79 Å². The van der Waals surface area contributed by atoms with Crippen LogP contribution < -0.4 is 0 Å². The van der Waals surface area contributed by atoms with Gasteiger partial charge in [0.15, 0.2) is 0 Å². The molecule has 2 unspecified atom stereocenters. The molecular formula is C13H23N3O2. The van der Waals surface area contributed by atoms with Gasteiger partial charge >= 0.3 is 6.09 Å². The minimum atomic E-state index is -0.472. The fourth-order valence-corrected chi connectivity index (χ4v) is 2.34. The number of hydrogen-bond donors (Lipinski definition) is 0. The number of ether oxygens (including phenoxy) is 1. The third-order valence-electron chi connectivity index (χ3n) is 2.89. The highest BCUT2D eigenvalue weighted by molar-refractivity contribution is 5.69. The average Bonchev–Trinajstić information content (AvgIpc) is 2.13. The molecule has 18 heavy (non-hydrogen) atoms. The Morgan fingerprint density at radius 2 is 1.83 bits per heavy atom. The minimum absolute atomic E-state index is 0.0666. The normalized spacial score (nSPS) is 25.7. The van der Waals surface area contributed by atoms with Gasteiger partial charge in [-0.3, -0.25) is 4.90 Å². The van der Waals surface area contributed by atoms with Gasteiger partial charge in [-0.05, 0) is 34.6 Å². The lowest BCUT2D eigenvalue weighted by Gasteiger charge is -2.43. The first-order valence-corrected chi connectivity index (χ1v) is 6.35. The average molecular weight is 253 g/mol. The second-order valence-electron chi connectivity index (χ2n) is 5.94. The van der Waals surface area contributed by atoms with Crippen LogP contribution in [0, 0.1) is 11.3 Å². The topological polar surface area (TPSA) is 56.6 Å². The molecule has 1 saturated heterocycles. The van der Waals surface area contributed by atoms with E-state index in [-0.39, 0.29) is 18.2 Å². The number of piperazine rings is 1. The zero-order chi connectivity index (χ0) is 13.9. The molecule has 5 heteroatoms. The number of amides is 1. The predicted molar refractivity (Wildman–Crippen MR) is 69.1 cm³/mol. The molecule has 0 aliphatic carbocycles. The molecule has 1 aliphatic rings. The number of rotatable bonds is 1. The number of nitriles is 1. The number of carbonyl (C=O) groups is 1. The van der Waals surface area contributed by atoms with Gasteiger partial charge in [0.25, 0.3) is 0 Å². The van der Waals surface area contributed by atoms with E-state index in [0.717, 1.165) is 13.1 Å². The molecule has 1 fully saturated rings. The first kappa shape index (κ1) is 14.8. The van der Waals surface area contributed by atoms with Crippen molar-refractivity contribution in [3.05, 3.63) is 0 Å². The highest BCUT2D eigenvalue weighted by Crippen LogP contribution is 2.19. The second-order valence-corrected chi connectivity index (χ2v) is 5.94. The lowest BCUT2D eigenvalue weighted by molar-refractivity contribution is -0.0130. The summed E-state index contributed by atoms with van der Waals surface area (Å²) in [6.07, 6.45) is -0.265. The van der Waals surface area contributed by atoms with Gasteiger partial charge in [-0.15, -0.1) is 0 Å². The maximum atomic E-state index is 12.1. The summed E-state index contributed by atoms with van der Waals surface area (Å²) in [6.45, 7) is 11.4. The molecule has 0 aromatic rings. The molecule has 2 atom stereocenters. The molecule has 0 radical (unpaired) electrons. The largest absolute Gasteiger partial charge is 0.444 e. The number of hydrogen-bond acceptors (Lipinski definition) is 4. The van der Waals surface area contributed by atoms with E-state index < -0.39 is 5.60 Å². The monoisotopic (exact) mass is 253 g/mol. The van der Waals surface area contributed by atoms with Gasteiger partial charge < -0.3 is 9.64 Å². The van der Waals surface area contributed by atoms with E-state index >= 15 is 0 Å². The van der Waals surface area contributed by atoms with Crippen LogP contribution in [0.1, 0.15) is 34.6 Å². The molecule has 102 valence electrons. The van der Waals surface area contributed by atoms with Crippen molar-refractivity contribution in [2.24, 2.45) is 0 Å². The third-order valence-corrected chi connectivity index (χ3v) is 2.89. The third kappa shape index (κ3) is 3.88. The summed E-state index contributed by atoms with van der Waals surface area (Å²) >= 11 is 0. The zero-order valence-electron chi connectivity index (χ0n) is 11.9. The zero-order valence-corrected chi connectivity index (χ0v) is 11.9. The Hall–Kier alpha value is -1.28. The molecule has 1 aliphatic heterocycles. The lowest BCUT2D eigenvalue weighted by Crippen LogP contribution is -2.59. The molecule has 0 N–H and O–H groups in total. The van der Waals surface area contributed by atoms with E-state index in [4.69, 9.17) is 10.00 Å². The van der Waals surface area contributed by atoms with Gasteiger partial charge in [0.05, 0.1) is 12.6 Å². The van der Waals surface area contributed by atoms with Gasteiger partial charge in [0, 0.05) is 25.2 Å². The molecule has 0 saturated carbocycles. The second kappa shape index (κ2) is 5.57. The molecule has 0 aromatic heterocycles. The standard InChI is InChI=1S/C13H23N3O2/c1-10-8-15(7-6-14)9-11(2)16(10)12(17)18-13(3,4)5/h10-11H,7-9H2,1-5H3. The van der Waals surface area contributed by atoms with E-state index in [1.807, 2.05) is 34.6 Å². The summed E-state index contributed by atoms with van der Waals surface area (Å²) < 4.78 is 5.42. The van der Waals surface area contributed by atoms with Crippen molar-refractivity contribution in [1.29, 1.82) is 5.26 Å². The molecule has 0 aromatic carbocycles. The Kier molecular flexibility index (Phi) is 4.58. The van der Waals surface area contributed by atoms with Crippen molar-refractivity contribution in [2.45, 2.75) is 52.3 Å². The van der Waals surface area contributed by atoms with Crippen molar-refractivity contribution in [3.8, 4) is 6.07 Å². The SMILES string of the molecule is CC1CN(CC#N)CC(C)N1C(=O)OC(C)(C)C. The maximum Gasteiger partial charge on any atom is 0.410 e. The van der Waals surface area contributed by atoms with Crippen molar-refractivity contribution in [2.75, 3.05) is 19.6 Å². The van der Waals surface area contributed by atoms with Crippen molar-refractivity contribution in [3.63, 3.8) is 0 Å². The maximum absolute atomic E-state index is 12.1. The van der Waals surface area contributed by atoms with Crippen molar-refractivity contribution < 1.29 is 9.53 Å². The van der Waals surface area contributed by atoms with Crippen LogP contribution in [0.15, 0.2) is 0 Å². The molecule has 5 nitrogen and oxygen atoms in total. The fraction of sp³-hybridized carbons (Fsp3) is 0.846. The summed E-state index contributed by atoms with van der Waals surface area (Å²) in [7, 11) is 0. The molecule has 0 spiro atoms. The smallest absolute Gasteiger partial charge is 0.410 e. The van der Waals surface area contributed by atoms with Gasteiger partial charge in [-0.2, -0.15) is 5.26 Å².